The number of carbonyl (C=O) groups is 2. The zero-order valence-electron chi connectivity index (χ0n) is 15.6. The highest BCUT2D eigenvalue weighted by atomic mass is 35.5. The number of nitrogens with zero attached hydrogens (tertiary/aromatic N) is 2. The van der Waals surface area contributed by atoms with Gasteiger partial charge in [-0.15, -0.1) is 0 Å². The van der Waals surface area contributed by atoms with E-state index in [0.29, 0.717) is 28.4 Å². The van der Waals surface area contributed by atoms with Gasteiger partial charge in [0.1, 0.15) is 12.3 Å². The number of amides is 2. The molecule has 1 N–H and O–H groups in total. The van der Waals surface area contributed by atoms with Gasteiger partial charge in [0.05, 0.1) is 18.7 Å². The van der Waals surface area contributed by atoms with Gasteiger partial charge in [0.15, 0.2) is 5.58 Å². The zero-order chi connectivity index (χ0) is 20.5. The van der Waals surface area contributed by atoms with Crippen LogP contribution in [-0.4, -0.2) is 36.1 Å². The molecule has 0 bridgehead atoms. The first-order valence-electron chi connectivity index (χ1n) is 8.97. The molecule has 2 heterocycles. The summed E-state index contributed by atoms with van der Waals surface area (Å²) in [5, 5.41) is 3.25. The Balaban J connectivity index is 1.44. The van der Waals surface area contributed by atoms with E-state index in [-0.39, 0.29) is 30.8 Å². The van der Waals surface area contributed by atoms with Crippen LogP contribution in [0.25, 0.3) is 11.1 Å². The number of rotatable bonds is 5. The number of fused-ring (bicyclic) bond motifs is 1. The van der Waals surface area contributed by atoms with Crippen molar-refractivity contribution in [1.29, 1.82) is 0 Å². The van der Waals surface area contributed by atoms with E-state index in [0.717, 1.165) is 5.69 Å². The van der Waals surface area contributed by atoms with Crippen molar-refractivity contribution in [3.05, 3.63) is 58.0 Å². The molecule has 8 nitrogen and oxygen atoms in total. The fraction of sp³-hybridized carbons (Fsp3) is 0.250. The maximum Gasteiger partial charge on any atom is 0.420 e. The van der Waals surface area contributed by atoms with Crippen LogP contribution in [0.2, 0.25) is 5.02 Å². The summed E-state index contributed by atoms with van der Waals surface area (Å²) in [5.74, 6) is -0.412. The molecule has 1 unspecified atom stereocenters. The van der Waals surface area contributed by atoms with E-state index in [1.54, 1.807) is 54.5 Å². The van der Waals surface area contributed by atoms with Crippen molar-refractivity contribution in [2.45, 2.75) is 19.0 Å². The van der Waals surface area contributed by atoms with Gasteiger partial charge in [0, 0.05) is 23.7 Å². The summed E-state index contributed by atoms with van der Waals surface area (Å²) in [5.41, 5.74) is 1.54. The molecule has 2 amide bonds. The van der Waals surface area contributed by atoms with Gasteiger partial charge in [-0.05, 0) is 42.5 Å². The van der Waals surface area contributed by atoms with E-state index in [9.17, 15) is 14.4 Å². The SMILES string of the molecule is COc1ccc(N2CC(NC(=O)Cn3c(=O)oc4ccc(Cl)cc43)CC2=O)cc1. The number of hydrogen-bond donors (Lipinski definition) is 1. The first kappa shape index (κ1) is 19.1. The van der Waals surface area contributed by atoms with Gasteiger partial charge in [-0.2, -0.15) is 0 Å². The molecular weight excluding hydrogens is 398 g/mol. The third-order valence-electron chi connectivity index (χ3n) is 4.81. The first-order valence-corrected chi connectivity index (χ1v) is 9.35. The second-order valence-corrected chi connectivity index (χ2v) is 7.17. The fourth-order valence-corrected chi connectivity index (χ4v) is 3.58. The number of carbonyl (C=O) groups excluding carboxylic acids is 2. The number of nitrogens with one attached hydrogen (secondary N) is 1. The normalized spacial score (nSPS) is 16.4. The van der Waals surface area contributed by atoms with Crippen LogP contribution in [0.5, 0.6) is 5.75 Å². The predicted molar refractivity (Wildman–Crippen MR) is 107 cm³/mol. The molecule has 1 fully saturated rings. The van der Waals surface area contributed by atoms with Crippen molar-refractivity contribution >= 4 is 40.2 Å². The van der Waals surface area contributed by atoms with Gasteiger partial charge < -0.3 is 19.4 Å². The number of aromatic nitrogens is 1. The van der Waals surface area contributed by atoms with Crippen molar-refractivity contribution < 1.29 is 18.7 Å². The van der Waals surface area contributed by atoms with Gasteiger partial charge in [0.2, 0.25) is 11.8 Å². The minimum atomic E-state index is -0.639. The van der Waals surface area contributed by atoms with Gasteiger partial charge in [-0.3, -0.25) is 14.2 Å². The lowest BCUT2D eigenvalue weighted by atomic mass is 10.2. The molecule has 1 aliphatic rings. The summed E-state index contributed by atoms with van der Waals surface area (Å²) in [6.07, 6.45) is 0.185. The van der Waals surface area contributed by atoms with Crippen LogP contribution in [-0.2, 0) is 16.1 Å². The Labute approximate surface area is 170 Å². The highest BCUT2D eigenvalue weighted by Gasteiger charge is 2.31. The molecule has 0 radical (unpaired) electrons. The van der Waals surface area contributed by atoms with Crippen LogP contribution < -0.4 is 20.7 Å². The van der Waals surface area contributed by atoms with Crippen molar-refractivity contribution in [3.63, 3.8) is 0 Å². The lowest BCUT2D eigenvalue weighted by molar-refractivity contribution is -0.122. The van der Waals surface area contributed by atoms with Gasteiger partial charge >= 0.3 is 5.76 Å². The molecule has 29 heavy (non-hydrogen) atoms. The Bertz CT molecular complexity index is 1140. The second kappa shape index (κ2) is 7.63. The molecule has 3 aromatic rings. The highest BCUT2D eigenvalue weighted by molar-refractivity contribution is 6.31. The standard InChI is InChI=1S/C20H18ClN3O5/c1-28-15-5-3-14(4-6-15)23-10-13(9-19(23)26)22-18(25)11-24-16-8-12(21)2-7-17(16)29-20(24)27/h2-8,13H,9-11H2,1H3,(H,22,25). The first-order chi connectivity index (χ1) is 13.9. The number of oxazole rings is 1. The average molecular weight is 416 g/mol. The number of anilines is 1. The van der Waals surface area contributed by atoms with Gasteiger partial charge in [-0.1, -0.05) is 11.6 Å². The third kappa shape index (κ3) is 3.84. The molecule has 1 atom stereocenters. The maximum atomic E-state index is 12.5. The number of methoxy groups -OCH3 is 1. The Morgan fingerprint density at radius 1 is 1.24 bits per heavy atom. The van der Waals surface area contributed by atoms with Crippen molar-refractivity contribution in [2.24, 2.45) is 0 Å². The summed E-state index contributed by atoms with van der Waals surface area (Å²) in [6.45, 7) is 0.128. The topological polar surface area (TPSA) is 93.8 Å². The summed E-state index contributed by atoms with van der Waals surface area (Å²) in [6, 6.07) is 11.5. The van der Waals surface area contributed by atoms with E-state index >= 15 is 0 Å². The van der Waals surface area contributed by atoms with Crippen molar-refractivity contribution in [2.75, 3.05) is 18.6 Å². The molecule has 2 aromatic carbocycles. The van der Waals surface area contributed by atoms with Crippen LogP contribution in [0.1, 0.15) is 6.42 Å². The van der Waals surface area contributed by atoms with E-state index in [2.05, 4.69) is 5.32 Å². The Hall–Kier alpha value is -3.26. The predicted octanol–water partition coefficient (Wildman–Crippen LogP) is 2.18. The monoisotopic (exact) mass is 415 g/mol. The van der Waals surface area contributed by atoms with Crippen molar-refractivity contribution in [3.8, 4) is 5.75 Å². The smallest absolute Gasteiger partial charge is 0.420 e. The molecule has 0 saturated carbocycles. The maximum absolute atomic E-state index is 12.5. The Kier molecular flexibility index (Phi) is 5.02. The molecular formula is C20H18ClN3O5. The molecule has 150 valence electrons. The number of hydrogen-bond acceptors (Lipinski definition) is 5. The van der Waals surface area contributed by atoms with E-state index in [1.807, 2.05) is 0 Å². The van der Waals surface area contributed by atoms with Gasteiger partial charge in [-0.25, -0.2) is 4.79 Å². The molecule has 1 aromatic heterocycles. The average Bonchev–Trinajstić information content (AvgIpc) is 3.21. The van der Waals surface area contributed by atoms with E-state index in [1.165, 1.54) is 4.57 Å². The fourth-order valence-electron chi connectivity index (χ4n) is 3.42. The van der Waals surface area contributed by atoms with E-state index < -0.39 is 5.76 Å². The van der Waals surface area contributed by atoms with Crippen LogP contribution in [0.3, 0.4) is 0 Å². The van der Waals surface area contributed by atoms with Crippen LogP contribution in [0, 0.1) is 0 Å². The summed E-state index contributed by atoms with van der Waals surface area (Å²) < 4.78 is 11.5. The molecule has 4 rings (SSSR count). The molecule has 9 heteroatoms. The lowest BCUT2D eigenvalue weighted by Crippen LogP contribution is -2.40. The third-order valence-corrected chi connectivity index (χ3v) is 5.04. The molecule has 1 saturated heterocycles. The Morgan fingerprint density at radius 3 is 2.72 bits per heavy atom. The summed E-state index contributed by atoms with van der Waals surface area (Å²) in [4.78, 5) is 38.5. The molecule has 0 spiro atoms. The van der Waals surface area contributed by atoms with Crippen LogP contribution in [0.4, 0.5) is 5.69 Å². The quantitative estimate of drug-likeness (QED) is 0.689. The molecule has 1 aliphatic heterocycles. The number of ether oxygens (including phenoxy) is 1. The van der Waals surface area contributed by atoms with Crippen LogP contribution in [0.15, 0.2) is 51.7 Å². The van der Waals surface area contributed by atoms with Crippen molar-refractivity contribution in [1.82, 2.24) is 9.88 Å². The van der Waals surface area contributed by atoms with Crippen LogP contribution >= 0.6 is 11.6 Å². The second-order valence-electron chi connectivity index (χ2n) is 6.74. The van der Waals surface area contributed by atoms with E-state index in [4.69, 9.17) is 20.8 Å². The summed E-state index contributed by atoms with van der Waals surface area (Å²) in [7, 11) is 1.57. The lowest BCUT2D eigenvalue weighted by Gasteiger charge is -2.17. The van der Waals surface area contributed by atoms with Gasteiger partial charge in [0.25, 0.3) is 0 Å². The highest BCUT2D eigenvalue weighted by Crippen LogP contribution is 2.24. The molecule has 0 aliphatic carbocycles. The number of benzene rings is 2. The Morgan fingerprint density at radius 2 is 2.00 bits per heavy atom. The minimum absolute atomic E-state index is 0.0850. The number of halogens is 1. The summed E-state index contributed by atoms with van der Waals surface area (Å²) >= 11 is 5.97. The minimum Gasteiger partial charge on any atom is -0.497 e. The largest absolute Gasteiger partial charge is 0.497 e. The zero-order valence-corrected chi connectivity index (χ0v) is 16.3.